The molecule has 1 aliphatic rings. The SMILES string of the molecule is COC1CCN(c2cccc(F)c2CN)C1. The van der Waals surface area contributed by atoms with Crippen molar-refractivity contribution in [2.45, 2.75) is 19.1 Å². The highest BCUT2D eigenvalue weighted by atomic mass is 19.1. The molecule has 0 amide bonds. The van der Waals surface area contributed by atoms with Gasteiger partial charge in [0.15, 0.2) is 0 Å². The minimum absolute atomic E-state index is 0.221. The molecule has 0 saturated carbocycles. The molecule has 0 spiro atoms. The largest absolute Gasteiger partial charge is 0.380 e. The maximum absolute atomic E-state index is 13.5. The monoisotopic (exact) mass is 224 g/mol. The number of benzene rings is 1. The second-order valence-corrected chi connectivity index (χ2v) is 4.03. The van der Waals surface area contributed by atoms with E-state index in [4.69, 9.17) is 10.5 Å². The number of rotatable bonds is 3. The molecule has 1 heterocycles. The van der Waals surface area contributed by atoms with Gasteiger partial charge < -0.3 is 15.4 Å². The van der Waals surface area contributed by atoms with E-state index in [1.54, 1.807) is 13.2 Å². The Labute approximate surface area is 95.0 Å². The topological polar surface area (TPSA) is 38.5 Å². The standard InChI is InChI=1S/C12H17FN2O/c1-16-9-5-6-15(8-9)12-4-2-3-11(13)10(12)7-14/h2-4,9H,5-8,14H2,1H3. The van der Waals surface area contributed by atoms with E-state index in [-0.39, 0.29) is 18.5 Å². The van der Waals surface area contributed by atoms with Gasteiger partial charge in [-0.1, -0.05) is 6.07 Å². The van der Waals surface area contributed by atoms with E-state index in [2.05, 4.69) is 4.90 Å². The average molecular weight is 224 g/mol. The first-order chi connectivity index (χ1) is 7.76. The van der Waals surface area contributed by atoms with Crippen LogP contribution in [0.3, 0.4) is 0 Å². The summed E-state index contributed by atoms with van der Waals surface area (Å²) < 4.78 is 18.8. The summed E-state index contributed by atoms with van der Waals surface area (Å²) in [7, 11) is 1.71. The zero-order valence-electron chi connectivity index (χ0n) is 9.45. The molecular weight excluding hydrogens is 207 g/mol. The lowest BCUT2D eigenvalue weighted by atomic mass is 10.1. The van der Waals surface area contributed by atoms with Gasteiger partial charge in [0.2, 0.25) is 0 Å². The summed E-state index contributed by atoms with van der Waals surface area (Å²) in [5.41, 5.74) is 7.09. The fourth-order valence-electron chi connectivity index (χ4n) is 2.19. The molecule has 1 aromatic rings. The Morgan fingerprint density at radius 1 is 1.56 bits per heavy atom. The molecule has 3 nitrogen and oxygen atoms in total. The van der Waals surface area contributed by atoms with Gasteiger partial charge in [-0.3, -0.25) is 0 Å². The summed E-state index contributed by atoms with van der Waals surface area (Å²) in [5.74, 6) is -0.221. The molecule has 1 aliphatic heterocycles. The summed E-state index contributed by atoms with van der Waals surface area (Å²) in [5, 5.41) is 0. The highest BCUT2D eigenvalue weighted by Crippen LogP contribution is 2.26. The molecule has 1 saturated heterocycles. The van der Waals surface area contributed by atoms with Crippen LogP contribution < -0.4 is 10.6 Å². The van der Waals surface area contributed by atoms with E-state index in [9.17, 15) is 4.39 Å². The number of nitrogens with zero attached hydrogens (tertiary/aromatic N) is 1. The molecule has 88 valence electrons. The fraction of sp³-hybridized carbons (Fsp3) is 0.500. The van der Waals surface area contributed by atoms with Crippen LogP contribution in [-0.2, 0) is 11.3 Å². The number of ether oxygens (including phenoxy) is 1. The summed E-state index contributed by atoms with van der Waals surface area (Å²) in [6.45, 7) is 1.94. The number of halogens is 1. The molecule has 0 bridgehead atoms. The van der Waals surface area contributed by atoms with Crippen LogP contribution in [0.4, 0.5) is 10.1 Å². The molecule has 2 N–H and O–H groups in total. The molecule has 1 atom stereocenters. The lowest BCUT2D eigenvalue weighted by Gasteiger charge is -2.21. The van der Waals surface area contributed by atoms with Gasteiger partial charge >= 0.3 is 0 Å². The van der Waals surface area contributed by atoms with Gasteiger partial charge in [0.1, 0.15) is 5.82 Å². The molecule has 1 fully saturated rings. The van der Waals surface area contributed by atoms with E-state index < -0.39 is 0 Å². The number of nitrogens with two attached hydrogens (primary N) is 1. The minimum atomic E-state index is -0.221. The molecule has 1 unspecified atom stereocenters. The molecule has 2 rings (SSSR count). The van der Waals surface area contributed by atoms with Crippen LogP contribution in [0.2, 0.25) is 0 Å². The first kappa shape index (κ1) is 11.4. The first-order valence-corrected chi connectivity index (χ1v) is 5.51. The predicted octanol–water partition coefficient (Wildman–Crippen LogP) is 1.51. The Morgan fingerprint density at radius 3 is 3.00 bits per heavy atom. The van der Waals surface area contributed by atoms with Crippen molar-refractivity contribution in [1.29, 1.82) is 0 Å². The van der Waals surface area contributed by atoms with E-state index in [1.165, 1.54) is 6.07 Å². The van der Waals surface area contributed by atoms with Crippen molar-refractivity contribution in [3.8, 4) is 0 Å². The Kier molecular flexibility index (Phi) is 3.41. The zero-order chi connectivity index (χ0) is 11.5. The van der Waals surface area contributed by atoms with Crippen molar-refractivity contribution in [1.82, 2.24) is 0 Å². The third kappa shape index (κ3) is 2.03. The second kappa shape index (κ2) is 4.80. The maximum Gasteiger partial charge on any atom is 0.129 e. The molecule has 1 aromatic carbocycles. The van der Waals surface area contributed by atoms with Crippen LogP contribution in [0.1, 0.15) is 12.0 Å². The quantitative estimate of drug-likeness (QED) is 0.845. The third-order valence-electron chi connectivity index (χ3n) is 3.12. The molecule has 4 heteroatoms. The molecule has 0 radical (unpaired) electrons. The predicted molar refractivity (Wildman–Crippen MR) is 61.9 cm³/mol. The average Bonchev–Trinajstić information content (AvgIpc) is 2.77. The molecular formula is C12H17FN2O. The summed E-state index contributed by atoms with van der Waals surface area (Å²) in [4.78, 5) is 2.14. The van der Waals surface area contributed by atoms with Crippen LogP contribution in [0, 0.1) is 5.82 Å². The van der Waals surface area contributed by atoms with Gasteiger partial charge in [-0.25, -0.2) is 4.39 Å². The Balaban J connectivity index is 2.24. The maximum atomic E-state index is 13.5. The third-order valence-corrected chi connectivity index (χ3v) is 3.12. The molecule has 0 aromatic heterocycles. The molecule has 0 aliphatic carbocycles. The zero-order valence-corrected chi connectivity index (χ0v) is 9.45. The van der Waals surface area contributed by atoms with Crippen molar-refractivity contribution < 1.29 is 9.13 Å². The van der Waals surface area contributed by atoms with Crippen molar-refractivity contribution >= 4 is 5.69 Å². The minimum Gasteiger partial charge on any atom is -0.380 e. The number of anilines is 1. The van der Waals surface area contributed by atoms with E-state index in [0.29, 0.717) is 5.56 Å². The summed E-state index contributed by atoms with van der Waals surface area (Å²) in [6.07, 6.45) is 1.23. The van der Waals surface area contributed by atoms with Crippen LogP contribution >= 0.6 is 0 Å². The van der Waals surface area contributed by atoms with Crippen molar-refractivity contribution in [3.05, 3.63) is 29.6 Å². The summed E-state index contributed by atoms with van der Waals surface area (Å²) in [6, 6.07) is 5.10. The number of hydrogen-bond donors (Lipinski definition) is 1. The highest BCUT2D eigenvalue weighted by molar-refractivity contribution is 5.55. The number of methoxy groups -OCH3 is 1. The second-order valence-electron chi connectivity index (χ2n) is 4.03. The molecule has 16 heavy (non-hydrogen) atoms. The Morgan fingerprint density at radius 2 is 2.38 bits per heavy atom. The van der Waals surface area contributed by atoms with Crippen LogP contribution in [0.5, 0.6) is 0 Å². The van der Waals surface area contributed by atoms with E-state index in [1.807, 2.05) is 6.07 Å². The van der Waals surface area contributed by atoms with Gasteiger partial charge in [-0.2, -0.15) is 0 Å². The van der Waals surface area contributed by atoms with Gasteiger partial charge in [-0.05, 0) is 18.6 Å². The van der Waals surface area contributed by atoms with Crippen molar-refractivity contribution in [3.63, 3.8) is 0 Å². The van der Waals surface area contributed by atoms with Gasteiger partial charge in [-0.15, -0.1) is 0 Å². The Hall–Kier alpha value is -1.13. The first-order valence-electron chi connectivity index (χ1n) is 5.51. The van der Waals surface area contributed by atoms with Gasteiger partial charge in [0, 0.05) is 38.0 Å². The lowest BCUT2D eigenvalue weighted by molar-refractivity contribution is 0.121. The fourth-order valence-corrected chi connectivity index (χ4v) is 2.19. The van der Waals surface area contributed by atoms with Crippen LogP contribution in [0.25, 0.3) is 0 Å². The van der Waals surface area contributed by atoms with Crippen LogP contribution in [0.15, 0.2) is 18.2 Å². The summed E-state index contributed by atoms with van der Waals surface area (Å²) >= 11 is 0. The van der Waals surface area contributed by atoms with Crippen molar-refractivity contribution in [2.24, 2.45) is 5.73 Å². The van der Waals surface area contributed by atoms with E-state index in [0.717, 1.165) is 25.2 Å². The lowest BCUT2D eigenvalue weighted by Crippen LogP contribution is -2.24. The van der Waals surface area contributed by atoms with Gasteiger partial charge in [0.05, 0.1) is 6.10 Å². The highest BCUT2D eigenvalue weighted by Gasteiger charge is 2.24. The van der Waals surface area contributed by atoms with E-state index >= 15 is 0 Å². The van der Waals surface area contributed by atoms with Crippen LogP contribution in [-0.4, -0.2) is 26.3 Å². The Bertz CT molecular complexity index is 370. The normalized spacial score (nSPS) is 20.4. The van der Waals surface area contributed by atoms with Crippen molar-refractivity contribution in [2.75, 3.05) is 25.1 Å². The smallest absolute Gasteiger partial charge is 0.129 e. The number of hydrogen-bond acceptors (Lipinski definition) is 3. The van der Waals surface area contributed by atoms with Gasteiger partial charge in [0.25, 0.3) is 0 Å².